The van der Waals surface area contributed by atoms with Crippen LogP contribution >= 0.6 is 0 Å². The lowest BCUT2D eigenvalue weighted by Crippen LogP contribution is -2.24. The van der Waals surface area contributed by atoms with E-state index in [4.69, 9.17) is 0 Å². The minimum absolute atomic E-state index is 0.179. The first kappa shape index (κ1) is 12.1. The number of carboxylic acid groups (broad SMARTS) is 1. The minimum Gasteiger partial charge on any atom is -0.481 e. The number of hydrogen-bond donors (Lipinski definition) is 1. The Morgan fingerprint density at radius 3 is 2.88 bits per heavy atom. The summed E-state index contributed by atoms with van der Waals surface area (Å²) in [7, 11) is 0. The smallest absolute Gasteiger partial charge is 0.312 e. The molecule has 0 spiro atoms. The van der Waals surface area contributed by atoms with Crippen LogP contribution in [0.1, 0.15) is 51.0 Å². The van der Waals surface area contributed by atoms with E-state index in [1.165, 1.54) is 0 Å². The maximum absolute atomic E-state index is 11.2. The topological polar surface area (TPSA) is 55.1 Å². The maximum Gasteiger partial charge on any atom is 0.312 e. The van der Waals surface area contributed by atoms with Gasteiger partial charge in [-0.25, -0.2) is 4.98 Å². The van der Waals surface area contributed by atoms with Crippen LogP contribution < -0.4 is 0 Å². The predicted octanol–water partition coefficient (Wildman–Crippen LogP) is 2.43. The van der Waals surface area contributed by atoms with Crippen LogP contribution in [0.15, 0.2) is 6.20 Å². The van der Waals surface area contributed by atoms with E-state index in [2.05, 4.69) is 30.3 Å². The van der Waals surface area contributed by atoms with Crippen LogP contribution in [0.2, 0.25) is 0 Å². The fraction of sp³-hybridized carbons (Fsp3) is 0.692. The summed E-state index contributed by atoms with van der Waals surface area (Å²) in [5.41, 5.74) is 1.06. The molecule has 2 heterocycles. The average Bonchev–Trinajstić information content (AvgIpc) is 2.59. The number of hydrogen-bond acceptors (Lipinski definition) is 2. The number of fused-ring (bicyclic) bond motifs is 1. The Bertz CT molecular complexity index is 429. The highest BCUT2D eigenvalue weighted by atomic mass is 16.4. The molecule has 17 heavy (non-hydrogen) atoms. The van der Waals surface area contributed by atoms with Gasteiger partial charge in [-0.3, -0.25) is 4.79 Å². The quantitative estimate of drug-likeness (QED) is 0.858. The molecule has 0 radical (unpaired) electrons. The Morgan fingerprint density at radius 1 is 1.59 bits per heavy atom. The fourth-order valence-corrected chi connectivity index (χ4v) is 2.43. The second-order valence-corrected chi connectivity index (χ2v) is 6.02. The summed E-state index contributed by atoms with van der Waals surface area (Å²) in [6.45, 7) is 7.43. The molecule has 0 bridgehead atoms. The lowest BCUT2D eigenvalue weighted by Gasteiger charge is -2.24. The lowest BCUT2D eigenvalue weighted by molar-refractivity contribution is -0.139. The van der Waals surface area contributed by atoms with E-state index < -0.39 is 5.97 Å². The third kappa shape index (κ3) is 2.51. The van der Waals surface area contributed by atoms with Gasteiger partial charge in [-0.05, 0) is 18.3 Å². The highest BCUT2D eigenvalue weighted by molar-refractivity contribution is 5.75. The van der Waals surface area contributed by atoms with Crippen LogP contribution in [0.4, 0.5) is 0 Å². The SMILES string of the molecule is CC(C)(C)Cc1ncc2n1CCCC2C(=O)O. The van der Waals surface area contributed by atoms with Gasteiger partial charge in [-0.1, -0.05) is 20.8 Å². The minimum atomic E-state index is -0.729. The highest BCUT2D eigenvalue weighted by Gasteiger charge is 2.29. The van der Waals surface area contributed by atoms with Crippen molar-refractivity contribution >= 4 is 5.97 Å². The molecular weight excluding hydrogens is 216 g/mol. The van der Waals surface area contributed by atoms with Gasteiger partial charge in [0.25, 0.3) is 0 Å². The zero-order chi connectivity index (χ0) is 12.6. The molecular formula is C13H20N2O2. The van der Waals surface area contributed by atoms with Crippen LogP contribution in [0.3, 0.4) is 0 Å². The number of carboxylic acids is 1. The Hall–Kier alpha value is -1.32. The van der Waals surface area contributed by atoms with Crippen molar-refractivity contribution in [1.29, 1.82) is 0 Å². The molecule has 0 saturated heterocycles. The molecule has 94 valence electrons. The number of rotatable bonds is 2. The number of aromatic nitrogens is 2. The molecule has 0 saturated carbocycles. The van der Waals surface area contributed by atoms with Crippen molar-refractivity contribution in [1.82, 2.24) is 9.55 Å². The Balaban J connectivity index is 2.31. The second-order valence-electron chi connectivity index (χ2n) is 6.02. The fourth-order valence-electron chi connectivity index (χ4n) is 2.43. The van der Waals surface area contributed by atoms with Gasteiger partial charge in [-0.2, -0.15) is 0 Å². The summed E-state index contributed by atoms with van der Waals surface area (Å²) in [6.07, 6.45) is 4.30. The van der Waals surface area contributed by atoms with E-state index in [0.717, 1.165) is 37.3 Å². The van der Waals surface area contributed by atoms with Crippen LogP contribution in [0.5, 0.6) is 0 Å². The van der Waals surface area contributed by atoms with E-state index in [1.807, 2.05) is 0 Å². The van der Waals surface area contributed by atoms with Gasteiger partial charge in [0.1, 0.15) is 5.82 Å². The first-order valence-electron chi connectivity index (χ1n) is 6.15. The van der Waals surface area contributed by atoms with Gasteiger partial charge in [0.15, 0.2) is 0 Å². The predicted molar refractivity (Wildman–Crippen MR) is 65.0 cm³/mol. The van der Waals surface area contributed by atoms with Gasteiger partial charge in [-0.15, -0.1) is 0 Å². The summed E-state index contributed by atoms with van der Waals surface area (Å²) in [5.74, 6) is -0.0726. The summed E-state index contributed by atoms with van der Waals surface area (Å²) < 4.78 is 2.10. The van der Waals surface area contributed by atoms with Crippen molar-refractivity contribution < 1.29 is 9.90 Å². The average molecular weight is 236 g/mol. The van der Waals surface area contributed by atoms with Crippen molar-refractivity contribution in [2.45, 2.75) is 52.5 Å². The first-order chi connectivity index (χ1) is 7.88. The summed E-state index contributed by atoms with van der Waals surface area (Å²) in [6, 6.07) is 0. The number of aliphatic carboxylic acids is 1. The second kappa shape index (κ2) is 4.17. The molecule has 1 unspecified atom stereocenters. The van der Waals surface area contributed by atoms with E-state index >= 15 is 0 Å². The number of carbonyl (C=O) groups is 1. The lowest BCUT2D eigenvalue weighted by atomic mass is 9.91. The molecule has 4 nitrogen and oxygen atoms in total. The molecule has 0 amide bonds. The Morgan fingerprint density at radius 2 is 2.29 bits per heavy atom. The van der Waals surface area contributed by atoms with Gasteiger partial charge >= 0.3 is 5.97 Å². The number of nitrogens with zero attached hydrogens (tertiary/aromatic N) is 2. The standard InChI is InChI=1S/C13H20N2O2/c1-13(2,3)7-11-14-8-10-9(12(16)17)5-4-6-15(10)11/h8-9H,4-7H2,1-3H3,(H,16,17). The van der Waals surface area contributed by atoms with Crippen molar-refractivity contribution in [2.24, 2.45) is 5.41 Å². The third-order valence-corrected chi connectivity index (χ3v) is 3.19. The molecule has 0 aliphatic carbocycles. The molecule has 1 atom stereocenters. The zero-order valence-electron chi connectivity index (χ0n) is 10.7. The first-order valence-corrected chi connectivity index (χ1v) is 6.15. The van der Waals surface area contributed by atoms with Crippen molar-refractivity contribution in [3.05, 3.63) is 17.7 Å². The van der Waals surface area contributed by atoms with Crippen LogP contribution in [-0.4, -0.2) is 20.6 Å². The van der Waals surface area contributed by atoms with E-state index in [-0.39, 0.29) is 11.3 Å². The monoisotopic (exact) mass is 236 g/mol. The molecule has 1 aliphatic heterocycles. The summed E-state index contributed by atoms with van der Waals surface area (Å²) in [4.78, 5) is 15.6. The normalized spacial score (nSPS) is 20.1. The summed E-state index contributed by atoms with van der Waals surface area (Å²) in [5, 5.41) is 9.19. The maximum atomic E-state index is 11.2. The molecule has 1 aromatic heterocycles. The molecule has 4 heteroatoms. The largest absolute Gasteiger partial charge is 0.481 e. The van der Waals surface area contributed by atoms with Gasteiger partial charge < -0.3 is 9.67 Å². The summed E-state index contributed by atoms with van der Waals surface area (Å²) >= 11 is 0. The Labute approximate surface area is 102 Å². The van der Waals surface area contributed by atoms with Gasteiger partial charge in [0, 0.05) is 19.2 Å². The molecule has 1 aliphatic rings. The van der Waals surface area contributed by atoms with E-state index in [0.29, 0.717) is 0 Å². The van der Waals surface area contributed by atoms with Crippen LogP contribution in [0, 0.1) is 5.41 Å². The van der Waals surface area contributed by atoms with Crippen molar-refractivity contribution in [3.63, 3.8) is 0 Å². The zero-order valence-corrected chi connectivity index (χ0v) is 10.7. The molecule has 2 rings (SSSR count). The van der Waals surface area contributed by atoms with Crippen LogP contribution in [0.25, 0.3) is 0 Å². The third-order valence-electron chi connectivity index (χ3n) is 3.19. The van der Waals surface area contributed by atoms with Crippen molar-refractivity contribution in [3.8, 4) is 0 Å². The number of imidazole rings is 1. The highest BCUT2D eigenvalue weighted by Crippen LogP contribution is 2.30. The van der Waals surface area contributed by atoms with Gasteiger partial charge in [0.2, 0.25) is 0 Å². The van der Waals surface area contributed by atoms with Gasteiger partial charge in [0.05, 0.1) is 11.6 Å². The Kier molecular flexibility index (Phi) is 2.98. The van der Waals surface area contributed by atoms with Crippen molar-refractivity contribution in [2.75, 3.05) is 0 Å². The van der Waals surface area contributed by atoms with Crippen LogP contribution in [-0.2, 0) is 17.8 Å². The molecule has 0 aromatic carbocycles. The van der Waals surface area contributed by atoms with E-state index in [1.54, 1.807) is 6.20 Å². The molecule has 1 N–H and O–H groups in total. The molecule has 0 fully saturated rings. The van der Waals surface area contributed by atoms with E-state index in [9.17, 15) is 9.90 Å². The molecule has 1 aromatic rings.